The number of rotatable bonds is 2. The highest BCUT2D eigenvalue weighted by atomic mass is 15.1. The van der Waals surface area contributed by atoms with Gasteiger partial charge in [0.2, 0.25) is 0 Å². The highest BCUT2D eigenvalue weighted by Gasteiger charge is 2.14. The molecule has 0 saturated carbocycles. The number of fused-ring (bicyclic) bond motifs is 1. The van der Waals surface area contributed by atoms with E-state index in [9.17, 15) is 0 Å². The third-order valence-corrected chi connectivity index (χ3v) is 3.72. The number of hydrogen-bond acceptors (Lipinski definition) is 2. The molecule has 0 aliphatic heterocycles. The first-order valence-corrected chi connectivity index (χ1v) is 7.29. The van der Waals surface area contributed by atoms with Gasteiger partial charge in [-0.05, 0) is 36.8 Å². The van der Waals surface area contributed by atoms with Crippen LogP contribution in [0.3, 0.4) is 0 Å². The van der Waals surface area contributed by atoms with Gasteiger partial charge in [0.05, 0.1) is 11.0 Å². The monoisotopic (exact) mass is 285 g/mol. The van der Waals surface area contributed by atoms with Gasteiger partial charge in [-0.3, -0.25) is 4.57 Å². The van der Waals surface area contributed by atoms with Gasteiger partial charge in [-0.1, -0.05) is 42.5 Å². The van der Waals surface area contributed by atoms with E-state index in [4.69, 9.17) is 4.98 Å². The molecule has 4 rings (SSSR count). The van der Waals surface area contributed by atoms with Gasteiger partial charge in [0.15, 0.2) is 0 Å². The first kappa shape index (κ1) is 12.8. The molecule has 0 saturated heterocycles. The summed E-state index contributed by atoms with van der Waals surface area (Å²) in [4.78, 5) is 9.33. The van der Waals surface area contributed by atoms with Gasteiger partial charge >= 0.3 is 0 Å². The fraction of sp³-hybridized carbons (Fsp3) is 0.0526. The molecular weight excluding hydrogens is 270 g/mol. The maximum Gasteiger partial charge on any atom is 0.146 e. The minimum atomic E-state index is 0.884. The van der Waals surface area contributed by atoms with Gasteiger partial charge in [0.1, 0.15) is 11.6 Å². The molecule has 22 heavy (non-hydrogen) atoms. The molecule has 0 aliphatic carbocycles. The largest absolute Gasteiger partial charge is 0.276 e. The molecule has 3 nitrogen and oxygen atoms in total. The molecule has 0 bridgehead atoms. The Kier molecular flexibility index (Phi) is 2.97. The lowest BCUT2D eigenvalue weighted by Crippen LogP contribution is -1.99. The Bertz CT molecular complexity index is 925. The number of aromatic nitrogens is 3. The van der Waals surface area contributed by atoms with Gasteiger partial charge in [0.25, 0.3) is 0 Å². The van der Waals surface area contributed by atoms with E-state index >= 15 is 0 Å². The third-order valence-electron chi connectivity index (χ3n) is 3.72. The summed E-state index contributed by atoms with van der Waals surface area (Å²) in [5.41, 5.74) is 4.36. The fourth-order valence-corrected chi connectivity index (χ4v) is 2.68. The van der Waals surface area contributed by atoms with Crippen molar-refractivity contribution in [2.24, 2.45) is 0 Å². The van der Waals surface area contributed by atoms with E-state index in [1.807, 2.05) is 42.6 Å². The Balaban J connectivity index is 2.08. The van der Waals surface area contributed by atoms with Crippen LogP contribution in [0.2, 0.25) is 0 Å². The van der Waals surface area contributed by atoms with Crippen LogP contribution in [0.15, 0.2) is 72.9 Å². The number of nitrogens with zero attached hydrogens (tertiary/aromatic N) is 3. The molecule has 4 aromatic rings. The first-order valence-electron chi connectivity index (χ1n) is 7.29. The second-order valence-electron chi connectivity index (χ2n) is 5.32. The molecule has 0 unspecified atom stereocenters. The molecule has 0 spiro atoms. The van der Waals surface area contributed by atoms with Crippen molar-refractivity contribution in [3.63, 3.8) is 0 Å². The predicted octanol–water partition coefficient (Wildman–Crippen LogP) is 4.40. The van der Waals surface area contributed by atoms with Crippen LogP contribution in [-0.4, -0.2) is 14.5 Å². The Morgan fingerprint density at radius 1 is 0.864 bits per heavy atom. The standard InChI is InChI=1S/C19H15N3/c1-14-10-11-16-17(13-14)22(18-9-5-6-12-20-18)19(21-16)15-7-3-2-4-8-15/h2-13H,1H3. The van der Waals surface area contributed by atoms with Gasteiger partial charge in [-0.15, -0.1) is 0 Å². The maximum absolute atomic E-state index is 4.82. The van der Waals surface area contributed by atoms with Gasteiger partial charge < -0.3 is 0 Å². The van der Waals surface area contributed by atoms with Crippen molar-refractivity contribution in [2.75, 3.05) is 0 Å². The lowest BCUT2D eigenvalue weighted by Gasteiger charge is -2.08. The summed E-state index contributed by atoms with van der Waals surface area (Å²) in [5, 5.41) is 0. The molecule has 0 fully saturated rings. The molecular formula is C19H15N3. The quantitative estimate of drug-likeness (QED) is 0.546. The zero-order valence-electron chi connectivity index (χ0n) is 12.3. The number of aryl methyl sites for hydroxylation is 1. The van der Waals surface area contributed by atoms with Crippen LogP contribution in [0.25, 0.3) is 28.2 Å². The van der Waals surface area contributed by atoms with Gasteiger partial charge in [-0.2, -0.15) is 0 Å². The van der Waals surface area contributed by atoms with E-state index in [1.54, 1.807) is 0 Å². The highest BCUT2D eigenvalue weighted by Crippen LogP contribution is 2.28. The highest BCUT2D eigenvalue weighted by molar-refractivity contribution is 5.83. The molecule has 0 radical (unpaired) electrons. The smallest absolute Gasteiger partial charge is 0.146 e. The van der Waals surface area contributed by atoms with E-state index in [1.165, 1.54) is 5.56 Å². The summed E-state index contributed by atoms with van der Waals surface area (Å²) >= 11 is 0. The number of benzene rings is 2. The van der Waals surface area contributed by atoms with Crippen LogP contribution in [0.1, 0.15) is 5.56 Å². The Hall–Kier alpha value is -2.94. The van der Waals surface area contributed by atoms with Gasteiger partial charge in [0, 0.05) is 11.8 Å². The summed E-state index contributed by atoms with van der Waals surface area (Å²) in [5.74, 6) is 1.80. The zero-order chi connectivity index (χ0) is 14.9. The van der Waals surface area contributed by atoms with Crippen LogP contribution in [-0.2, 0) is 0 Å². The van der Waals surface area contributed by atoms with E-state index in [2.05, 4.69) is 46.8 Å². The Morgan fingerprint density at radius 2 is 1.68 bits per heavy atom. The fourth-order valence-electron chi connectivity index (χ4n) is 2.68. The normalized spacial score (nSPS) is 11.0. The number of imidazole rings is 1. The Labute approximate surface area is 128 Å². The van der Waals surface area contributed by atoms with E-state index in [0.29, 0.717) is 0 Å². The molecule has 0 amide bonds. The minimum Gasteiger partial charge on any atom is -0.276 e. The van der Waals surface area contributed by atoms with E-state index in [-0.39, 0.29) is 0 Å². The molecule has 3 heteroatoms. The molecule has 2 aromatic carbocycles. The van der Waals surface area contributed by atoms with Crippen molar-refractivity contribution >= 4 is 11.0 Å². The van der Waals surface area contributed by atoms with Gasteiger partial charge in [-0.25, -0.2) is 9.97 Å². The predicted molar refractivity (Wildman–Crippen MR) is 89.0 cm³/mol. The van der Waals surface area contributed by atoms with Crippen LogP contribution < -0.4 is 0 Å². The maximum atomic E-state index is 4.82. The topological polar surface area (TPSA) is 30.7 Å². The second-order valence-corrected chi connectivity index (χ2v) is 5.32. The molecule has 106 valence electrons. The summed E-state index contributed by atoms with van der Waals surface area (Å²) in [6, 6.07) is 22.5. The lowest BCUT2D eigenvalue weighted by atomic mass is 10.2. The average Bonchev–Trinajstić information content (AvgIpc) is 2.95. The SMILES string of the molecule is Cc1ccc2nc(-c3ccccc3)n(-c3ccccn3)c2c1. The second kappa shape index (κ2) is 5.11. The van der Waals surface area contributed by atoms with Crippen molar-refractivity contribution in [3.8, 4) is 17.2 Å². The number of pyridine rings is 1. The summed E-state index contributed by atoms with van der Waals surface area (Å²) < 4.78 is 2.12. The van der Waals surface area contributed by atoms with Crippen molar-refractivity contribution in [1.29, 1.82) is 0 Å². The molecule has 2 aromatic heterocycles. The molecule has 0 N–H and O–H groups in total. The van der Waals surface area contributed by atoms with Crippen molar-refractivity contribution in [2.45, 2.75) is 6.92 Å². The minimum absolute atomic E-state index is 0.884. The Morgan fingerprint density at radius 3 is 2.45 bits per heavy atom. The van der Waals surface area contributed by atoms with Crippen molar-refractivity contribution < 1.29 is 0 Å². The lowest BCUT2D eigenvalue weighted by molar-refractivity contribution is 1.03. The summed E-state index contributed by atoms with van der Waals surface area (Å²) in [6.07, 6.45) is 1.81. The molecule has 0 atom stereocenters. The summed E-state index contributed by atoms with van der Waals surface area (Å²) in [6.45, 7) is 2.09. The van der Waals surface area contributed by atoms with Crippen molar-refractivity contribution in [1.82, 2.24) is 14.5 Å². The van der Waals surface area contributed by atoms with Crippen molar-refractivity contribution in [3.05, 3.63) is 78.5 Å². The van der Waals surface area contributed by atoms with Crippen LogP contribution in [0, 0.1) is 6.92 Å². The van der Waals surface area contributed by atoms with Crippen LogP contribution in [0.4, 0.5) is 0 Å². The number of hydrogen-bond donors (Lipinski definition) is 0. The van der Waals surface area contributed by atoms with E-state index in [0.717, 1.165) is 28.2 Å². The average molecular weight is 285 g/mol. The van der Waals surface area contributed by atoms with Crippen LogP contribution >= 0.6 is 0 Å². The van der Waals surface area contributed by atoms with Crippen LogP contribution in [0.5, 0.6) is 0 Å². The molecule has 2 heterocycles. The third kappa shape index (κ3) is 2.07. The molecule has 0 aliphatic rings. The van der Waals surface area contributed by atoms with E-state index < -0.39 is 0 Å². The summed E-state index contributed by atoms with van der Waals surface area (Å²) in [7, 11) is 0. The first-order chi connectivity index (χ1) is 10.8. The zero-order valence-corrected chi connectivity index (χ0v) is 12.3.